The van der Waals surface area contributed by atoms with Crippen LogP contribution in [-0.4, -0.2) is 33.9 Å². The highest BCUT2D eigenvalue weighted by Gasteiger charge is 2.22. The highest BCUT2D eigenvalue weighted by molar-refractivity contribution is 5.92. The summed E-state index contributed by atoms with van der Waals surface area (Å²) in [4.78, 5) is 15.0. The Labute approximate surface area is 148 Å². The van der Waals surface area contributed by atoms with Crippen LogP contribution >= 0.6 is 0 Å². The van der Waals surface area contributed by atoms with Crippen molar-refractivity contribution in [2.45, 2.75) is 40.8 Å². The zero-order valence-corrected chi connectivity index (χ0v) is 15.3. The molecule has 3 rings (SSSR count). The third kappa shape index (κ3) is 3.78. The molecule has 1 aliphatic heterocycles. The van der Waals surface area contributed by atoms with E-state index in [4.69, 9.17) is 9.47 Å². The van der Waals surface area contributed by atoms with Crippen molar-refractivity contribution < 1.29 is 14.3 Å². The van der Waals surface area contributed by atoms with E-state index in [1.54, 1.807) is 4.68 Å². The average molecular weight is 343 g/mol. The molecule has 0 fully saturated rings. The molecule has 0 radical (unpaired) electrons. The lowest BCUT2D eigenvalue weighted by molar-refractivity contribution is 0.0710. The minimum absolute atomic E-state index is 0.00816. The molecule has 134 valence electrons. The van der Waals surface area contributed by atoms with Gasteiger partial charge in [-0.1, -0.05) is 19.9 Å². The maximum absolute atomic E-state index is 13.1. The molecule has 1 aliphatic rings. The van der Waals surface area contributed by atoms with E-state index >= 15 is 0 Å². The number of amides is 1. The number of benzene rings is 1. The van der Waals surface area contributed by atoms with Crippen LogP contribution in [0.1, 0.15) is 42.5 Å². The third-order valence-corrected chi connectivity index (χ3v) is 4.10. The SMILES string of the molecule is CCn1nc(C)cc1C(=O)N(Cc1ccc2c(c1)OCO2)CC(C)C. The van der Waals surface area contributed by atoms with Crippen molar-refractivity contribution in [1.82, 2.24) is 14.7 Å². The lowest BCUT2D eigenvalue weighted by Crippen LogP contribution is -2.35. The number of hydrogen-bond donors (Lipinski definition) is 0. The fraction of sp³-hybridized carbons (Fsp3) is 0.474. The Morgan fingerprint density at radius 3 is 2.76 bits per heavy atom. The summed E-state index contributed by atoms with van der Waals surface area (Å²) in [5.74, 6) is 1.87. The molecule has 6 nitrogen and oxygen atoms in total. The van der Waals surface area contributed by atoms with Crippen molar-refractivity contribution in [3.8, 4) is 11.5 Å². The number of aryl methyl sites for hydroxylation is 2. The van der Waals surface area contributed by atoms with Gasteiger partial charge in [0.15, 0.2) is 11.5 Å². The molecular weight excluding hydrogens is 318 g/mol. The maximum Gasteiger partial charge on any atom is 0.272 e. The number of carbonyl (C=O) groups is 1. The van der Waals surface area contributed by atoms with Gasteiger partial charge in [0.25, 0.3) is 5.91 Å². The molecule has 2 aromatic rings. The molecular formula is C19H25N3O3. The van der Waals surface area contributed by atoms with Gasteiger partial charge in [0.05, 0.1) is 5.69 Å². The van der Waals surface area contributed by atoms with Gasteiger partial charge in [-0.15, -0.1) is 0 Å². The van der Waals surface area contributed by atoms with E-state index in [2.05, 4.69) is 18.9 Å². The van der Waals surface area contributed by atoms with Crippen LogP contribution in [0.3, 0.4) is 0 Å². The van der Waals surface area contributed by atoms with Crippen molar-refractivity contribution >= 4 is 5.91 Å². The Morgan fingerprint density at radius 2 is 2.04 bits per heavy atom. The largest absolute Gasteiger partial charge is 0.454 e. The third-order valence-electron chi connectivity index (χ3n) is 4.10. The van der Waals surface area contributed by atoms with Gasteiger partial charge in [-0.25, -0.2) is 0 Å². The summed E-state index contributed by atoms with van der Waals surface area (Å²) in [6.07, 6.45) is 0. The maximum atomic E-state index is 13.1. The summed E-state index contributed by atoms with van der Waals surface area (Å²) in [5.41, 5.74) is 2.52. The monoisotopic (exact) mass is 343 g/mol. The smallest absolute Gasteiger partial charge is 0.272 e. The summed E-state index contributed by atoms with van der Waals surface area (Å²) in [5, 5.41) is 4.40. The zero-order valence-electron chi connectivity index (χ0n) is 15.3. The van der Waals surface area contributed by atoms with Gasteiger partial charge < -0.3 is 14.4 Å². The molecule has 0 bridgehead atoms. The number of rotatable bonds is 6. The molecule has 1 aromatic heterocycles. The molecule has 0 aliphatic carbocycles. The van der Waals surface area contributed by atoms with Crippen LogP contribution in [-0.2, 0) is 13.1 Å². The second-order valence-corrected chi connectivity index (χ2v) is 6.75. The van der Waals surface area contributed by atoms with Gasteiger partial charge in [0, 0.05) is 19.6 Å². The van der Waals surface area contributed by atoms with Crippen molar-refractivity contribution in [3.05, 3.63) is 41.2 Å². The van der Waals surface area contributed by atoms with E-state index < -0.39 is 0 Å². The fourth-order valence-corrected chi connectivity index (χ4v) is 3.04. The highest BCUT2D eigenvalue weighted by Crippen LogP contribution is 2.33. The number of hydrogen-bond acceptors (Lipinski definition) is 4. The summed E-state index contributed by atoms with van der Waals surface area (Å²) in [7, 11) is 0. The average Bonchev–Trinajstić information content (AvgIpc) is 3.18. The first-order valence-electron chi connectivity index (χ1n) is 8.70. The Bertz CT molecular complexity index is 767. The minimum Gasteiger partial charge on any atom is -0.454 e. The molecule has 25 heavy (non-hydrogen) atoms. The summed E-state index contributed by atoms with van der Waals surface area (Å²) < 4.78 is 12.6. The van der Waals surface area contributed by atoms with E-state index in [-0.39, 0.29) is 12.7 Å². The number of nitrogens with zero attached hydrogens (tertiary/aromatic N) is 3. The van der Waals surface area contributed by atoms with E-state index in [0.29, 0.717) is 31.2 Å². The normalized spacial score (nSPS) is 12.7. The van der Waals surface area contributed by atoms with Crippen LogP contribution in [0.2, 0.25) is 0 Å². The summed E-state index contributed by atoms with van der Waals surface area (Å²) in [6, 6.07) is 7.69. The van der Waals surface area contributed by atoms with Gasteiger partial charge in [-0.05, 0) is 43.5 Å². The lowest BCUT2D eigenvalue weighted by Gasteiger charge is -2.25. The number of ether oxygens (including phenoxy) is 2. The van der Waals surface area contributed by atoms with Gasteiger partial charge in [-0.2, -0.15) is 5.10 Å². The van der Waals surface area contributed by atoms with Crippen molar-refractivity contribution in [2.75, 3.05) is 13.3 Å². The standard InChI is InChI=1S/C19H25N3O3/c1-5-22-16(8-14(4)20-22)19(23)21(10-13(2)3)11-15-6-7-17-18(9-15)25-12-24-17/h6-9,13H,5,10-12H2,1-4H3. The molecule has 0 atom stereocenters. The zero-order chi connectivity index (χ0) is 18.0. The molecule has 2 heterocycles. The summed E-state index contributed by atoms with van der Waals surface area (Å²) >= 11 is 0. The lowest BCUT2D eigenvalue weighted by atomic mass is 10.1. The van der Waals surface area contributed by atoms with Crippen molar-refractivity contribution in [3.63, 3.8) is 0 Å². The van der Waals surface area contributed by atoms with Gasteiger partial charge >= 0.3 is 0 Å². The molecule has 0 spiro atoms. The quantitative estimate of drug-likeness (QED) is 0.808. The first kappa shape index (κ1) is 17.3. The fourth-order valence-electron chi connectivity index (χ4n) is 3.04. The summed E-state index contributed by atoms with van der Waals surface area (Å²) in [6.45, 7) is 10.3. The van der Waals surface area contributed by atoms with Crippen LogP contribution in [0.25, 0.3) is 0 Å². The highest BCUT2D eigenvalue weighted by atomic mass is 16.7. The van der Waals surface area contributed by atoms with E-state index in [9.17, 15) is 4.79 Å². The second-order valence-electron chi connectivity index (χ2n) is 6.75. The number of aromatic nitrogens is 2. The van der Waals surface area contributed by atoms with Crippen LogP contribution in [0.5, 0.6) is 11.5 Å². The molecule has 0 N–H and O–H groups in total. The van der Waals surface area contributed by atoms with Crippen molar-refractivity contribution in [2.24, 2.45) is 5.92 Å². The van der Waals surface area contributed by atoms with Crippen molar-refractivity contribution in [1.29, 1.82) is 0 Å². The number of carbonyl (C=O) groups excluding carboxylic acids is 1. The first-order valence-corrected chi connectivity index (χ1v) is 8.70. The van der Waals surface area contributed by atoms with Crippen LogP contribution in [0, 0.1) is 12.8 Å². The predicted molar refractivity (Wildman–Crippen MR) is 94.8 cm³/mol. The van der Waals surface area contributed by atoms with E-state index in [1.165, 1.54) is 0 Å². The van der Waals surface area contributed by atoms with Crippen LogP contribution < -0.4 is 9.47 Å². The molecule has 0 unspecified atom stereocenters. The van der Waals surface area contributed by atoms with Gasteiger partial charge in [0.2, 0.25) is 6.79 Å². The molecule has 0 saturated heterocycles. The predicted octanol–water partition coefficient (Wildman–Crippen LogP) is 3.24. The van der Waals surface area contributed by atoms with E-state index in [1.807, 2.05) is 43.0 Å². The minimum atomic E-state index is 0.00816. The van der Waals surface area contributed by atoms with Gasteiger partial charge in [0.1, 0.15) is 5.69 Å². The molecule has 1 aromatic carbocycles. The number of fused-ring (bicyclic) bond motifs is 1. The molecule has 0 saturated carbocycles. The Hall–Kier alpha value is -2.50. The Kier molecular flexibility index (Phi) is 4.97. The topological polar surface area (TPSA) is 56.6 Å². The Balaban J connectivity index is 1.85. The molecule has 1 amide bonds. The first-order chi connectivity index (χ1) is 12.0. The van der Waals surface area contributed by atoms with E-state index in [0.717, 1.165) is 22.8 Å². The van der Waals surface area contributed by atoms with Crippen LogP contribution in [0.15, 0.2) is 24.3 Å². The van der Waals surface area contributed by atoms with Gasteiger partial charge in [-0.3, -0.25) is 9.48 Å². The Morgan fingerprint density at radius 1 is 1.28 bits per heavy atom. The second kappa shape index (κ2) is 7.17. The van der Waals surface area contributed by atoms with Crippen LogP contribution in [0.4, 0.5) is 0 Å². The molecule has 6 heteroatoms.